The van der Waals surface area contributed by atoms with E-state index in [1.807, 2.05) is 12.3 Å². The summed E-state index contributed by atoms with van der Waals surface area (Å²) >= 11 is 0. The van der Waals surface area contributed by atoms with Crippen molar-refractivity contribution in [3.05, 3.63) is 17.8 Å². The van der Waals surface area contributed by atoms with Gasteiger partial charge in [0.1, 0.15) is 5.75 Å². The summed E-state index contributed by atoms with van der Waals surface area (Å²) in [5, 5.41) is 0. The van der Waals surface area contributed by atoms with Crippen LogP contribution in [0.15, 0.2) is 12.3 Å². The molecule has 3 heteroatoms. The second-order valence-corrected chi connectivity index (χ2v) is 3.60. The van der Waals surface area contributed by atoms with Gasteiger partial charge >= 0.3 is 0 Å². The van der Waals surface area contributed by atoms with Gasteiger partial charge in [-0.2, -0.15) is 0 Å². The fraction of sp³-hybridized carbons (Fsp3) is 0.444. The predicted octanol–water partition coefficient (Wildman–Crippen LogP) is 1.71. The van der Waals surface area contributed by atoms with Gasteiger partial charge in [0, 0.05) is 17.8 Å². The van der Waals surface area contributed by atoms with Gasteiger partial charge < -0.3 is 4.74 Å². The van der Waals surface area contributed by atoms with Crippen molar-refractivity contribution < 1.29 is 4.74 Å². The van der Waals surface area contributed by atoms with Gasteiger partial charge in [-0.15, -0.1) is 0 Å². The predicted molar refractivity (Wildman–Crippen MR) is 54.2 cm³/mol. The highest BCUT2D eigenvalue weighted by molar-refractivity contribution is 7.26. The molecule has 0 amide bonds. The van der Waals surface area contributed by atoms with Crippen LogP contribution >= 0.6 is 9.24 Å². The quantitative estimate of drug-likeness (QED) is 0.651. The fourth-order valence-corrected chi connectivity index (χ4v) is 1.30. The average molecular weight is 183 g/mol. The lowest BCUT2D eigenvalue weighted by Gasteiger charge is -2.10. The molecule has 0 aliphatic heterocycles. The first-order valence-corrected chi connectivity index (χ1v) is 4.52. The molecule has 1 heterocycles. The molecule has 0 saturated heterocycles. The number of pyridine rings is 1. The lowest BCUT2D eigenvalue weighted by Crippen LogP contribution is -2.03. The lowest BCUT2D eigenvalue weighted by molar-refractivity contribution is 0.407. The Morgan fingerprint density at radius 2 is 2.17 bits per heavy atom. The lowest BCUT2D eigenvalue weighted by atomic mass is 10.1. The summed E-state index contributed by atoms with van der Waals surface area (Å²) in [7, 11) is 4.24. The molecule has 1 unspecified atom stereocenters. The number of hydrogen-bond donors (Lipinski definition) is 0. The van der Waals surface area contributed by atoms with Gasteiger partial charge in [-0.1, -0.05) is 23.1 Å². The molecule has 0 spiro atoms. The SMILES string of the molecule is COc1cc(P)ncc1C(C)C. The normalized spacial score (nSPS) is 10.4. The van der Waals surface area contributed by atoms with Crippen LogP contribution in [0.4, 0.5) is 0 Å². The zero-order valence-electron chi connectivity index (χ0n) is 7.66. The third-order valence-corrected chi connectivity index (χ3v) is 2.07. The average Bonchev–Trinajstić information content (AvgIpc) is 2.03. The van der Waals surface area contributed by atoms with E-state index in [0.29, 0.717) is 5.92 Å². The van der Waals surface area contributed by atoms with Crippen LogP contribution in [-0.2, 0) is 0 Å². The molecule has 66 valence electrons. The van der Waals surface area contributed by atoms with Gasteiger partial charge in [-0.3, -0.25) is 4.98 Å². The van der Waals surface area contributed by atoms with Crippen LogP contribution in [0.25, 0.3) is 0 Å². The number of rotatable bonds is 2. The smallest absolute Gasteiger partial charge is 0.126 e. The Hall–Kier alpha value is -0.620. The van der Waals surface area contributed by atoms with Crippen LogP contribution in [0.3, 0.4) is 0 Å². The summed E-state index contributed by atoms with van der Waals surface area (Å²) in [6.45, 7) is 4.25. The van der Waals surface area contributed by atoms with Crippen molar-refractivity contribution in [3.63, 3.8) is 0 Å². The molecule has 0 radical (unpaired) electrons. The summed E-state index contributed by atoms with van der Waals surface area (Å²) in [4.78, 5) is 4.19. The van der Waals surface area contributed by atoms with Crippen molar-refractivity contribution in [1.29, 1.82) is 0 Å². The van der Waals surface area contributed by atoms with Crippen molar-refractivity contribution in [3.8, 4) is 5.75 Å². The molecule has 0 aromatic carbocycles. The Balaban J connectivity index is 3.11. The molecule has 0 saturated carbocycles. The Morgan fingerprint density at radius 3 is 2.67 bits per heavy atom. The van der Waals surface area contributed by atoms with E-state index < -0.39 is 0 Å². The third kappa shape index (κ3) is 1.95. The zero-order chi connectivity index (χ0) is 9.14. The Morgan fingerprint density at radius 1 is 1.50 bits per heavy atom. The maximum absolute atomic E-state index is 5.23. The number of hydrogen-bond acceptors (Lipinski definition) is 2. The Bertz CT molecular complexity index is 273. The Kier molecular flexibility index (Phi) is 3.05. The van der Waals surface area contributed by atoms with Crippen LogP contribution in [0.5, 0.6) is 5.75 Å². The van der Waals surface area contributed by atoms with Crippen LogP contribution in [0.2, 0.25) is 0 Å². The van der Waals surface area contributed by atoms with Crippen LogP contribution in [0.1, 0.15) is 25.3 Å². The summed E-state index contributed by atoms with van der Waals surface area (Å²) in [6, 6.07) is 1.93. The molecule has 1 aromatic rings. The van der Waals surface area contributed by atoms with Gasteiger partial charge in [0.25, 0.3) is 0 Å². The minimum Gasteiger partial charge on any atom is -0.496 e. The number of ether oxygens (including phenoxy) is 1. The van der Waals surface area contributed by atoms with Crippen LogP contribution in [0, 0.1) is 0 Å². The van der Waals surface area contributed by atoms with E-state index in [-0.39, 0.29) is 0 Å². The van der Waals surface area contributed by atoms with E-state index >= 15 is 0 Å². The second-order valence-electron chi connectivity index (χ2n) is 3.01. The van der Waals surface area contributed by atoms with E-state index in [1.165, 1.54) is 0 Å². The Labute approximate surface area is 75.6 Å². The highest BCUT2D eigenvalue weighted by Crippen LogP contribution is 2.23. The molecule has 2 nitrogen and oxygen atoms in total. The van der Waals surface area contributed by atoms with Gasteiger partial charge in [-0.25, -0.2) is 0 Å². The summed E-state index contributed by atoms with van der Waals surface area (Å²) in [5.41, 5.74) is 2.07. The van der Waals surface area contributed by atoms with E-state index in [0.717, 1.165) is 16.7 Å². The molecule has 0 aliphatic carbocycles. The minimum atomic E-state index is 0.457. The summed E-state index contributed by atoms with van der Waals surface area (Å²) in [6.07, 6.45) is 1.87. The molecule has 1 rings (SSSR count). The molecule has 0 N–H and O–H groups in total. The van der Waals surface area contributed by atoms with Crippen molar-refractivity contribution in [2.24, 2.45) is 0 Å². The summed E-state index contributed by atoms with van der Waals surface area (Å²) in [5.74, 6) is 1.38. The van der Waals surface area contributed by atoms with Crippen molar-refractivity contribution in [1.82, 2.24) is 4.98 Å². The molecular weight excluding hydrogens is 169 g/mol. The molecule has 0 aliphatic rings. The van der Waals surface area contributed by atoms with Crippen LogP contribution < -0.4 is 10.2 Å². The monoisotopic (exact) mass is 183 g/mol. The molecule has 0 fully saturated rings. The number of aromatic nitrogens is 1. The molecule has 1 atom stereocenters. The van der Waals surface area contributed by atoms with Gasteiger partial charge in [-0.05, 0) is 5.92 Å². The number of nitrogens with zero attached hydrogens (tertiary/aromatic N) is 1. The topological polar surface area (TPSA) is 22.1 Å². The van der Waals surface area contributed by atoms with E-state index in [1.54, 1.807) is 7.11 Å². The van der Waals surface area contributed by atoms with Crippen molar-refractivity contribution in [2.45, 2.75) is 19.8 Å². The standard InChI is InChI=1S/C9H14NOP/c1-6(2)7-5-10-9(12)4-8(7)11-3/h4-6H,12H2,1-3H3. The summed E-state index contributed by atoms with van der Waals surface area (Å²) < 4.78 is 5.23. The fourth-order valence-electron chi connectivity index (χ4n) is 1.07. The largest absolute Gasteiger partial charge is 0.496 e. The van der Waals surface area contributed by atoms with Gasteiger partial charge in [0.15, 0.2) is 0 Å². The minimum absolute atomic E-state index is 0.457. The highest BCUT2D eigenvalue weighted by Gasteiger charge is 2.06. The number of methoxy groups -OCH3 is 1. The highest BCUT2D eigenvalue weighted by atomic mass is 31.0. The zero-order valence-corrected chi connectivity index (χ0v) is 8.82. The second kappa shape index (κ2) is 3.86. The van der Waals surface area contributed by atoms with Crippen molar-refractivity contribution in [2.75, 3.05) is 7.11 Å². The van der Waals surface area contributed by atoms with Gasteiger partial charge in [0.05, 0.1) is 12.5 Å². The molecule has 1 aromatic heterocycles. The maximum Gasteiger partial charge on any atom is 0.126 e. The van der Waals surface area contributed by atoms with E-state index in [4.69, 9.17) is 4.74 Å². The molecular formula is C9H14NOP. The van der Waals surface area contributed by atoms with E-state index in [9.17, 15) is 0 Å². The first-order valence-electron chi connectivity index (χ1n) is 3.94. The maximum atomic E-state index is 5.23. The molecule has 12 heavy (non-hydrogen) atoms. The van der Waals surface area contributed by atoms with Crippen molar-refractivity contribution >= 4 is 14.7 Å². The molecule has 0 bridgehead atoms. The third-order valence-electron chi connectivity index (χ3n) is 1.76. The van der Waals surface area contributed by atoms with Gasteiger partial charge in [0.2, 0.25) is 0 Å². The first kappa shape index (κ1) is 9.47. The first-order chi connectivity index (χ1) is 5.65. The van der Waals surface area contributed by atoms with Crippen LogP contribution in [-0.4, -0.2) is 12.1 Å². The van der Waals surface area contributed by atoms with E-state index in [2.05, 4.69) is 28.1 Å².